The van der Waals surface area contributed by atoms with Gasteiger partial charge in [-0.25, -0.2) is 13.5 Å². The molecular formula is C19H30N4O4S. The van der Waals surface area contributed by atoms with Crippen molar-refractivity contribution < 1.29 is 18.4 Å². The highest BCUT2D eigenvalue weighted by Gasteiger charge is 2.32. The van der Waals surface area contributed by atoms with Gasteiger partial charge in [0.1, 0.15) is 6.04 Å². The number of piperazine rings is 1. The van der Waals surface area contributed by atoms with E-state index in [9.17, 15) is 18.4 Å². The van der Waals surface area contributed by atoms with Gasteiger partial charge in [-0.05, 0) is 24.8 Å². The van der Waals surface area contributed by atoms with Crippen molar-refractivity contribution in [3.8, 4) is 11.8 Å². The summed E-state index contributed by atoms with van der Waals surface area (Å²) in [6, 6.07) is -1.06. The zero-order valence-corrected chi connectivity index (χ0v) is 17.1. The molecule has 9 heteroatoms. The number of hydrogen-bond acceptors (Lipinski definition) is 6. The molecule has 1 amide bonds. The van der Waals surface area contributed by atoms with Crippen LogP contribution in [0.3, 0.4) is 0 Å². The summed E-state index contributed by atoms with van der Waals surface area (Å²) in [7, 11) is -3.65. The van der Waals surface area contributed by atoms with Crippen molar-refractivity contribution in [2.75, 3.05) is 31.9 Å². The number of hydrogen-bond donors (Lipinski definition) is 2. The Kier molecular flexibility index (Phi) is 8.99. The van der Waals surface area contributed by atoms with Gasteiger partial charge in [-0.1, -0.05) is 31.8 Å². The molecule has 0 saturated carbocycles. The zero-order chi connectivity index (χ0) is 20.4. The van der Waals surface area contributed by atoms with Crippen LogP contribution in [0.4, 0.5) is 0 Å². The van der Waals surface area contributed by atoms with E-state index in [1.807, 2.05) is 24.4 Å². The number of hydroxylamine groups is 2. The Morgan fingerprint density at radius 1 is 1.29 bits per heavy atom. The predicted molar refractivity (Wildman–Crippen MR) is 108 cm³/mol. The maximum atomic E-state index is 12.8. The zero-order valence-electron chi connectivity index (χ0n) is 16.3. The maximum Gasteiger partial charge on any atom is 0.234 e. The number of carbonyl (C=O) groups excluding carboxylic acids is 1. The Morgan fingerprint density at radius 2 is 2.04 bits per heavy atom. The summed E-state index contributed by atoms with van der Waals surface area (Å²) in [5, 5.41) is 13.3. The molecule has 156 valence electrons. The van der Waals surface area contributed by atoms with Crippen LogP contribution in [0.2, 0.25) is 0 Å². The quantitative estimate of drug-likeness (QED) is 0.191. The Balaban J connectivity index is 1.93. The standard InChI is InChI=1S/C19H30N4O4S/c1-2-3-4-5-6-9-18(23(25)17-24)16-28(26,27)22-14-12-21(13-15-22)19-10-7-8-11-20-19/h7-8,10-11,17-20,25H,2-5,12-16H2,1H3. The van der Waals surface area contributed by atoms with Crippen LogP contribution in [0.25, 0.3) is 0 Å². The number of carbonyl (C=O) groups is 1. The van der Waals surface area contributed by atoms with Crippen molar-refractivity contribution in [1.29, 1.82) is 0 Å². The van der Waals surface area contributed by atoms with Gasteiger partial charge in [0.15, 0.2) is 0 Å². The van der Waals surface area contributed by atoms with Gasteiger partial charge in [-0.2, -0.15) is 4.31 Å². The first-order chi connectivity index (χ1) is 13.5. The smallest absolute Gasteiger partial charge is 0.234 e. The molecule has 8 nitrogen and oxygen atoms in total. The summed E-state index contributed by atoms with van der Waals surface area (Å²) in [5.74, 6) is 5.21. The van der Waals surface area contributed by atoms with Crippen LogP contribution in [-0.2, 0) is 14.8 Å². The van der Waals surface area contributed by atoms with Gasteiger partial charge in [0.25, 0.3) is 0 Å². The Morgan fingerprint density at radius 3 is 2.64 bits per heavy atom. The lowest BCUT2D eigenvalue weighted by molar-refractivity contribution is -0.153. The first-order valence-electron chi connectivity index (χ1n) is 9.70. The van der Waals surface area contributed by atoms with Gasteiger partial charge < -0.3 is 5.32 Å². The van der Waals surface area contributed by atoms with Gasteiger partial charge in [-0.3, -0.25) is 14.9 Å². The van der Waals surface area contributed by atoms with E-state index in [2.05, 4.69) is 29.0 Å². The largest absolute Gasteiger partial charge is 0.372 e. The fraction of sp³-hybridized carbons (Fsp3) is 0.632. The molecule has 1 fully saturated rings. The minimum absolute atomic E-state index is 0.0691. The number of rotatable bonds is 9. The summed E-state index contributed by atoms with van der Waals surface area (Å²) < 4.78 is 27.0. The van der Waals surface area contributed by atoms with E-state index < -0.39 is 21.8 Å². The molecule has 0 aliphatic carbocycles. The molecule has 2 N–H and O–H groups in total. The van der Waals surface area contributed by atoms with Crippen LogP contribution in [0.1, 0.15) is 32.6 Å². The number of amides is 1. The summed E-state index contributed by atoms with van der Waals surface area (Å²) >= 11 is 0. The molecule has 0 bridgehead atoms. The van der Waals surface area contributed by atoms with Crippen LogP contribution in [0.5, 0.6) is 0 Å². The van der Waals surface area contributed by atoms with Crippen molar-refractivity contribution in [1.82, 2.24) is 19.6 Å². The molecule has 0 aromatic carbocycles. The number of nitrogens with zero attached hydrogens (tertiary/aromatic N) is 3. The first kappa shape index (κ1) is 22.4. The molecular weight excluding hydrogens is 380 g/mol. The molecule has 2 heterocycles. The highest BCUT2D eigenvalue weighted by Crippen LogP contribution is 2.13. The first-order valence-corrected chi connectivity index (χ1v) is 11.3. The molecule has 2 atom stereocenters. The number of dihydropyridines is 1. The average molecular weight is 411 g/mol. The summed E-state index contributed by atoms with van der Waals surface area (Å²) in [4.78, 5) is 13.1. The van der Waals surface area contributed by atoms with Crippen molar-refractivity contribution in [3.05, 3.63) is 24.4 Å². The molecule has 0 aromatic heterocycles. The van der Waals surface area contributed by atoms with E-state index in [4.69, 9.17) is 0 Å². The minimum Gasteiger partial charge on any atom is -0.372 e. The Labute approximate surface area is 167 Å². The normalized spacial score (nSPS) is 21.4. The third-order valence-corrected chi connectivity index (χ3v) is 6.69. The second kappa shape index (κ2) is 11.2. The van der Waals surface area contributed by atoms with Crippen molar-refractivity contribution in [2.45, 2.75) is 44.8 Å². The molecule has 0 radical (unpaired) electrons. The van der Waals surface area contributed by atoms with Gasteiger partial charge in [0.2, 0.25) is 16.4 Å². The molecule has 1 saturated heterocycles. The maximum absolute atomic E-state index is 12.8. The highest BCUT2D eigenvalue weighted by molar-refractivity contribution is 7.89. The molecule has 0 aromatic rings. The molecule has 2 unspecified atom stereocenters. The minimum atomic E-state index is -3.65. The SMILES string of the molecule is CCCCCC#CC(CS(=O)(=O)N1CCN(C2C=CC=CN2)CC1)N(O)C=O. The van der Waals surface area contributed by atoms with E-state index in [-0.39, 0.29) is 12.6 Å². The Bertz CT molecular complexity index is 718. The van der Waals surface area contributed by atoms with E-state index in [1.165, 1.54) is 4.31 Å². The van der Waals surface area contributed by atoms with Gasteiger partial charge >= 0.3 is 0 Å². The Hall–Kier alpha value is -1.86. The lowest BCUT2D eigenvalue weighted by Gasteiger charge is -2.38. The van der Waals surface area contributed by atoms with Crippen molar-refractivity contribution in [2.24, 2.45) is 0 Å². The fourth-order valence-electron chi connectivity index (χ4n) is 3.14. The third-order valence-electron chi connectivity index (χ3n) is 4.80. The third kappa shape index (κ3) is 6.63. The molecule has 2 aliphatic heterocycles. The highest BCUT2D eigenvalue weighted by atomic mass is 32.2. The van der Waals surface area contributed by atoms with Crippen LogP contribution in [0, 0.1) is 11.8 Å². The lowest BCUT2D eigenvalue weighted by Crippen LogP contribution is -2.55. The second-order valence-electron chi connectivity index (χ2n) is 6.85. The van der Waals surface area contributed by atoms with Gasteiger partial charge in [-0.15, -0.1) is 5.92 Å². The van der Waals surface area contributed by atoms with E-state index in [0.717, 1.165) is 19.3 Å². The molecule has 0 spiro atoms. The van der Waals surface area contributed by atoms with Crippen LogP contribution >= 0.6 is 0 Å². The number of sulfonamides is 1. The van der Waals surface area contributed by atoms with Crippen LogP contribution in [-0.4, -0.2) is 78.4 Å². The van der Waals surface area contributed by atoms with Gasteiger partial charge in [0, 0.05) is 32.6 Å². The molecule has 2 aliphatic rings. The fourth-order valence-corrected chi connectivity index (χ4v) is 4.70. The summed E-state index contributed by atoms with van der Waals surface area (Å²) in [6.07, 6.45) is 11.7. The average Bonchev–Trinajstić information content (AvgIpc) is 2.73. The number of allylic oxidation sites excluding steroid dienone is 2. The summed E-state index contributed by atoms with van der Waals surface area (Å²) in [6.45, 7) is 4.00. The van der Waals surface area contributed by atoms with Crippen molar-refractivity contribution >= 4 is 16.4 Å². The number of unbranched alkanes of at least 4 members (excludes halogenated alkanes) is 3. The monoisotopic (exact) mass is 410 g/mol. The lowest BCUT2D eigenvalue weighted by atomic mass is 10.2. The summed E-state index contributed by atoms with van der Waals surface area (Å²) in [5.41, 5.74) is 0. The predicted octanol–water partition coefficient (Wildman–Crippen LogP) is 0.733. The molecule has 28 heavy (non-hydrogen) atoms. The number of nitrogens with one attached hydrogen (secondary N) is 1. The topological polar surface area (TPSA) is 93.2 Å². The second-order valence-corrected chi connectivity index (χ2v) is 8.86. The van der Waals surface area contributed by atoms with Crippen LogP contribution in [0.15, 0.2) is 24.4 Å². The van der Waals surface area contributed by atoms with Crippen LogP contribution < -0.4 is 5.32 Å². The molecule has 2 rings (SSSR count). The van der Waals surface area contributed by atoms with E-state index >= 15 is 0 Å². The van der Waals surface area contributed by atoms with E-state index in [0.29, 0.717) is 37.7 Å². The van der Waals surface area contributed by atoms with Crippen molar-refractivity contribution in [3.63, 3.8) is 0 Å². The van der Waals surface area contributed by atoms with Gasteiger partial charge in [0.05, 0.1) is 11.9 Å². The van der Waals surface area contributed by atoms with E-state index in [1.54, 1.807) is 0 Å².